The van der Waals surface area contributed by atoms with Crippen molar-refractivity contribution in [1.29, 1.82) is 0 Å². The van der Waals surface area contributed by atoms with E-state index in [1.807, 2.05) is 20.8 Å². The summed E-state index contributed by atoms with van der Waals surface area (Å²) in [5, 5.41) is 11.9. The van der Waals surface area contributed by atoms with Crippen molar-refractivity contribution >= 4 is 6.09 Å². The maximum Gasteiger partial charge on any atom is 0.410 e. The summed E-state index contributed by atoms with van der Waals surface area (Å²) in [6.45, 7) is 8.80. The highest BCUT2D eigenvalue weighted by Gasteiger charge is 2.27. The smallest absolute Gasteiger partial charge is 0.410 e. The lowest BCUT2D eigenvalue weighted by Gasteiger charge is -2.34. The minimum absolute atomic E-state index is 0.155. The fourth-order valence-corrected chi connectivity index (χ4v) is 2.11. The van der Waals surface area contributed by atoms with Gasteiger partial charge in [-0.05, 0) is 46.1 Å². The summed E-state index contributed by atoms with van der Waals surface area (Å²) < 4.78 is 5.38. The Bertz CT molecular complexity index is 263. The molecule has 2 N–H and O–H groups in total. The molecule has 1 saturated heterocycles. The molecule has 1 heterocycles. The van der Waals surface area contributed by atoms with Gasteiger partial charge >= 0.3 is 6.09 Å². The summed E-state index contributed by atoms with van der Waals surface area (Å²) in [5.41, 5.74) is -0.431. The van der Waals surface area contributed by atoms with Gasteiger partial charge in [0.15, 0.2) is 0 Å². The highest BCUT2D eigenvalue weighted by molar-refractivity contribution is 5.68. The number of ether oxygens (including phenoxy) is 1. The molecule has 1 amide bonds. The van der Waals surface area contributed by atoms with Crippen molar-refractivity contribution in [2.45, 2.75) is 39.2 Å². The fourth-order valence-electron chi connectivity index (χ4n) is 2.11. The van der Waals surface area contributed by atoms with E-state index in [-0.39, 0.29) is 12.7 Å². The van der Waals surface area contributed by atoms with Crippen molar-refractivity contribution in [3.63, 3.8) is 0 Å². The van der Waals surface area contributed by atoms with Gasteiger partial charge in [0.05, 0.1) is 6.61 Å². The van der Waals surface area contributed by atoms with Gasteiger partial charge in [-0.3, -0.25) is 0 Å². The Morgan fingerprint density at radius 2 is 2.22 bits per heavy atom. The largest absolute Gasteiger partial charge is 0.444 e. The Morgan fingerprint density at radius 3 is 2.83 bits per heavy atom. The lowest BCUT2D eigenvalue weighted by Crippen LogP contribution is -2.45. The zero-order valence-electron chi connectivity index (χ0n) is 11.7. The lowest BCUT2D eigenvalue weighted by atomic mass is 9.98. The number of amides is 1. The van der Waals surface area contributed by atoms with Gasteiger partial charge in [0.2, 0.25) is 0 Å². The molecule has 1 aliphatic heterocycles. The molecule has 1 aliphatic rings. The van der Waals surface area contributed by atoms with Gasteiger partial charge in [0.25, 0.3) is 0 Å². The number of nitrogens with one attached hydrogen (secondary N) is 1. The van der Waals surface area contributed by atoms with Crippen LogP contribution >= 0.6 is 0 Å². The summed E-state index contributed by atoms with van der Waals surface area (Å²) in [6.07, 6.45) is 1.93. The van der Waals surface area contributed by atoms with Crippen LogP contribution in [0, 0.1) is 5.92 Å². The topological polar surface area (TPSA) is 61.8 Å². The van der Waals surface area contributed by atoms with E-state index in [1.54, 1.807) is 4.90 Å². The van der Waals surface area contributed by atoms with Crippen LogP contribution in [-0.4, -0.2) is 54.5 Å². The van der Waals surface area contributed by atoms with Crippen LogP contribution in [0.3, 0.4) is 0 Å². The zero-order valence-corrected chi connectivity index (χ0v) is 11.7. The molecule has 0 spiro atoms. The fraction of sp³-hybridized carbons (Fsp3) is 0.923. The first-order chi connectivity index (χ1) is 8.42. The second-order valence-corrected chi connectivity index (χ2v) is 5.86. The number of rotatable bonds is 4. The van der Waals surface area contributed by atoms with E-state index in [9.17, 15) is 4.79 Å². The van der Waals surface area contributed by atoms with Crippen molar-refractivity contribution < 1.29 is 14.6 Å². The number of carbonyl (C=O) groups excluding carboxylic acids is 1. The zero-order chi connectivity index (χ0) is 13.6. The molecule has 1 fully saturated rings. The van der Waals surface area contributed by atoms with Crippen LogP contribution in [0.2, 0.25) is 0 Å². The molecule has 18 heavy (non-hydrogen) atoms. The molecule has 0 aromatic rings. The van der Waals surface area contributed by atoms with Gasteiger partial charge < -0.3 is 20.1 Å². The van der Waals surface area contributed by atoms with Crippen LogP contribution < -0.4 is 5.32 Å². The van der Waals surface area contributed by atoms with Crippen LogP contribution in [0.25, 0.3) is 0 Å². The molecule has 106 valence electrons. The van der Waals surface area contributed by atoms with E-state index < -0.39 is 5.60 Å². The third-order valence-electron chi connectivity index (χ3n) is 2.89. The van der Waals surface area contributed by atoms with Crippen LogP contribution in [0.15, 0.2) is 0 Å². The van der Waals surface area contributed by atoms with Crippen molar-refractivity contribution in [3.8, 4) is 0 Å². The summed E-state index contributed by atoms with van der Waals surface area (Å²) in [7, 11) is 0. The number of carbonyl (C=O) groups is 1. The van der Waals surface area contributed by atoms with Gasteiger partial charge in [-0.25, -0.2) is 4.79 Å². The molecule has 1 rings (SSSR count). The van der Waals surface area contributed by atoms with Crippen LogP contribution in [0.1, 0.15) is 33.6 Å². The quantitative estimate of drug-likeness (QED) is 0.744. The summed E-state index contributed by atoms with van der Waals surface area (Å²) in [5.74, 6) is 0.456. The van der Waals surface area contributed by atoms with Gasteiger partial charge in [0.1, 0.15) is 5.60 Å². The molecule has 0 aromatic heterocycles. The normalized spacial score (nSPS) is 20.9. The molecule has 5 nitrogen and oxygen atoms in total. The number of aliphatic hydroxyl groups excluding tert-OH is 1. The Morgan fingerprint density at radius 1 is 1.50 bits per heavy atom. The summed E-state index contributed by atoms with van der Waals surface area (Å²) in [6, 6.07) is 0. The maximum atomic E-state index is 11.9. The highest BCUT2D eigenvalue weighted by Crippen LogP contribution is 2.18. The van der Waals surface area contributed by atoms with Crippen LogP contribution in [0.4, 0.5) is 4.79 Å². The Hall–Kier alpha value is -0.810. The highest BCUT2D eigenvalue weighted by atomic mass is 16.6. The molecular formula is C13H26N2O3. The Balaban J connectivity index is 2.36. The number of hydrogen-bond acceptors (Lipinski definition) is 4. The third-order valence-corrected chi connectivity index (χ3v) is 2.89. The number of piperidine rings is 1. The minimum Gasteiger partial charge on any atom is -0.444 e. The van der Waals surface area contributed by atoms with E-state index in [0.29, 0.717) is 12.5 Å². The molecule has 1 atom stereocenters. The maximum absolute atomic E-state index is 11.9. The summed E-state index contributed by atoms with van der Waals surface area (Å²) >= 11 is 0. The molecule has 0 radical (unpaired) electrons. The van der Waals surface area contributed by atoms with Crippen molar-refractivity contribution in [2.24, 2.45) is 5.92 Å². The molecule has 1 unspecified atom stereocenters. The van der Waals surface area contributed by atoms with Crippen molar-refractivity contribution in [2.75, 3.05) is 32.8 Å². The molecule has 0 aliphatic carbocycles. The first kappa shape index (κ1) is 15.2. The van der Waals surface area contributed by atoms with Gasteiger partial charge in [-0.1, -0.05) is 0 Å². The standard InChI is InChI=1S/C13H26N2O3/c1-13(2,3)18-12(17)15-7-4-5-11(10-15)9-14-6-8-16/h11,14,16H,4-10H2,1-3H3. The van der Waals surface area contributed by atoms with Gasteiger partial charge in [-0.2, -0.15) is 0 Å². The molecule has 0 bridgehead atoms. The van der Waals surface area contributed by atoms with E-state index >= 15 is 0 Å². The number of likely N-dealkylation sites (tertiary alicyclic amines) is 1. The first-order valence-electron chi connectivity index (χ1n) is 6.72. The molecule has 0 saturated carbocycles. The summed E-state index contributed by atoms with van der Waals surface area (Å²) in [4.78, 5) is 13.7. The molecule has 5 heteroatoms. The second kappa shape index (κ2) is 6.95. The average molecular weight is 258 g/mol. The van der Waals surface area contributed by atoms with E-state index in [2.05, 4.69) is 5.32 Å². The SMILES string of the molecule is CC(C)(C)OC(=O)N1CCCC(CNCCO)C1. The Labute approximate surface area is 109 Å². The Kier molecular flexibility index (Phi) is 5.88. The van der Waals surface area contributed by atoms with Crippen LogP contribution in [0.5, 0.6) is 0 Å². The van der Waals surface area contributed by atoms with Crippen molar-refractivity contribution in [1.82, 2.24) is 10.2 Å². The third kappa shape index (κ3) is 5.69. The first-order valence-corrected chi connectivity index (χ1v) is 6.72. The van der Waals surface area contributed by atoms with E-state index in [4.69, 9.17) is 9.84 Å². The van der Waals surface area contributed by atoms with E-state index in [0.717, 1.165) is 32.5 Å². The molecular weight excluding hydrogens is 232 g/mol. The van der Waals surface area contributed by atoms with Gasteiger partial charge in [-0.15, -0.1) is 0 Å². The number of aliphatic hydroxyl groups is 1. The van der Waals surface area contributed by atoms with Gasteiger partial charge in [0, 0.05) is 19.6 Å². The van der Waals surface area contributed by atoms with Crippen molar-refractivity contribution in [3.05, 3.63) is 0 Å². The molecule has 0 aromatic carbocycles. The second-order valence-electron chi connectivity index (χ2n) is 5.86. The lowest BCUT2D eigenvalue weighted by molar-refractivity contribution is 0.0166. The number of hydrogen-bond donors (Lipinski definition) is 2. The van der Waals surface area contributed by atoms with Crippen LogP contribution in [-0.2, 0) is 4.74 Å². The predicted molar refractivity (Wildman–Crippen MR) is 70.5 cm³/mol. The average Bonchev–Trinajstić information content (AvgIpc) is 2.27. The minimum atomic E-state index is -0.431. The number of nitrogens with zero attached hydrogens (tertiary/aromatic N) is 1. The van der Waals surface area contributed by atoms with E-state index in [1.165, 1.54) is 0 Å². The predicted octanol–water partition coefficient (Wildman–Crippen LogP) is 1.22. The monoisotopic (exact) mass is 258 g/mol.